The van der Waals surface area contributed by atoms with E-state index in [-0.39, 0.29) is 4.90 Å². The van der Waals surface area contributed by atoms with Crippen molar-refractivity contribution in [3.05, 3.63) is 93.3 Å². The summed E-state index contributed by atoms with van der Waals surface area (Å²) in [4.78, 5) is 18.0. The van der Waals surface area contributed by atoms with Gasteiger partial charge in [-0.25, -0.2) is 8.42 Å². The van der Waals surface area contributed by atoms with E-state index in [2.05, 4.69) is 17.1 Å². The van der Waals surface area contributed by atoms with Gasteiger partial charge in [0, 0.05) is 25.7 Å². The first-order chi connectivity index (χ1) is 16.2. The monoisotopic (exact) mass is 491 g/mol. The maximum absolute atomic E-state index is 13.2. The van der Waals surface area contributed by atoms with Gasteiger partial charge >= 0.3 is 0 Å². The second-order valence-electron chi connectivity index (χ2n) is 8.67. The number of amides is 1. The van der Waals surface area contributed by atoms with E-state index >= 15 is 0 Å². The molecule has 4 aromatic rings. The molecule has 0 atom stereocenters. The summed E-state index contributed by atoms with van der Waals surface area (Å²) < 4.78 is 30.9. The number of nitrogens with zero attached hydrogens (tertiary/aromatic N) is 3. The minimum absolute atomic E-state index is 0.182. The number of hydrogen-bond acceptors (Lipinski definition) is 4. The molecule has 0 fully saturated rings. The third kappa shape index (κ3) is 4.02. The Morgan fingerprint density at radius 3 is 2.44 bits per heavy atom. The van der Waals surface area contributed by atoms with Gasteiger partial charge in [-0.2, -0.15) is 9.30 Å². The molecule has 1 aliphatic rings. The number of carbonyl (C=O) groups is 1. The Morgan fingerprint density at radius 2 is 1.71 bits per heavy atom. The zero-order valence-corrected chi connectivity index (χ0v) is 20.9. The SMILES string of the molecule is Cc1cc(C)c2c(c1)sc(=NC(=O)c1ccc(S(=O)(=O)N3CCc4ccccc4C3)cc1)n2C. The fourth-order valence-electron chi connectivity index (χ4n) is 4.53. The lowest BCUT2D eigenvalue weighted by atomic mass is 10.0. The molecule has 0 spiro atoms. The van der Waals surface area contributed by atoms with Crippen molar-refractivity contribution in [1.29, 1.82) is 0 Å². The molecule has 0 radical (unpaired) electrons. The molecule has 174 valence electrons. The molecule has 0 N–H and O–H groups in total. The van der Waals surface area contributed by atoms with Crippen LogP contribution in [0.4, 0.5) is 0 Å². The Bertz CT molecular complexity index is 1600. The van der Waals surface area contributed by atoms with Crippen LogP contribution in [-0.2, 0) is 30.0 Å². The number of aromatic nitrogens is 1. The molecule has 0 aliphatic carbocycles. The number of sulfonamides is 1. The summed E-state index contributed by atoms with van der Waals surface area (Å²) in [5.74, 6) is -0.396. The second-order valence-corrected chi connectivity index (χ2v) is 11.6. The largest absolute Gasteiger partial charge is 0.319 e. The van der Waals surface area contributed by atoms with Gasteiger partial charge in [-0.05, 0) is 72.9 Å². The molecule has 1 aliphatic heterocycles. The van der Waals surface area contributed by atoms with Crippen LogP contribution in [0.2, 0.25) is 0 Å². The average Bonchev–Trinajstić information content (AvgIpc) is 3.13. The van der Waals surface area contributed by atoms with E-state index < -0.39 is 15.9 Å². The summed E-state index contributed by atoms with van der Waals surface area (Å²) in [6.45, 7) is 4.90. The number of benzene rings is 3. The van der Waals surface area contributed by atoms with E-state index in [0.29, 0.717) is 29.9 Å². The number of carbonyl (C=O) groups excluding carboxylic acids is 1. The summed E-state index contributed by atoms with van der Waals surface area (Å²) in [7, 11) is -1.75. The molecule has 8 heteroatoms. The van der Waals surface area contributed by atoms with E-state index in [4.69, 9.17) is 0 Å². The topological polar surface area (TPSA) is 71.7 Å². The van der Waals surface area contributed by atoms with Gasteiger partial charge in [0.25, 0.3) is 5.91 Å². The molecule has 0 bridgehead atoms. The Balaban J connectivity index is 1.41. The van der Waals surface area contributed by atoms with Gasteiger partial charge in [-0.3, -0.25) is 4.79 Å². The van der Waals surface area contributed by atoms with Crippen molar-refractivity contribution >= 4 is 37.5 Å². The Morgan fingerprint density at radius 1 is 1.00 bits per heavy atom. The molecule has 0 saturated carbocycles. The lowest BCUT2D eigenvalue weighted by molar-refractivity contribution is 0.0998. The predicted octanol–water partition coefficient (Wildman–Crippen LogP) is 4.34. The van der Waals surface area contributed by atoms with Crippen LogP contribution in [0.25, 0.3) is 10.2 Å². The zero-order chi connectivity index (χ0) is 24.0. The average molecular weight is 492 g/mol. The number of thiazole rings is 1. The maximum Gasteiger partial charge on any atom is 0.279 e. The molecule has 2 heterocycles. The van der Waals surface area contributed by atoms with Crippen molar-refractivity contribution in [2.45, 2.75) is 31.7 Å². The molecular weight excluding hydrogens is 466 g/mol. The van der Waals surface area contributed by atoms with Gasteiger partial charge in [-0.1, -0.05) is 41.7 Å². The van der Waals surface area contributed by atoms with Crippen LogP contribution < -0.4 is 4.80 Å². The first kappa shape index (κ1) is 22.7. The van der Waals surface area contributed by atoms with Crippen molar-refractivity contribution in [2.75, 3.05) is 6.54 Å². The molecule has 34 heavy (non-hydrogen) atoms. The van der Waals surface area contributed by atoms with Crippen LogP contribution >= 0.6 is 11.3 Å². The van der Waals surface area contributed by atoms with Crippen molar-refractivity contribution in [2.24, 2.45) is 12.0 Å². The van der Waals surface area contributed by atoms with E-state index in [0.717, 1.165) is 21.3 Å². The Hall–Kier alpha value is -3.07. The normalized spacial score (nSPS) is 15.0. The van der Waals surface area contributed by atoms with Crippen LogP contribution in [0.15, 0.2) is 70.6 Å². The van der Waals surface area contributed by atoms with Gasteiger partial charge in [0.1, 0.15) is 0 Å². The number of rotatable bonds is 3. The van der Waals surface area contributed by atoms with Gasteiger partial charge in [0.2, 0.25) is 10.0 Å². The van der Waals surface area contributed by atoms with Gasteiger partial charge in [0.05, 0.1) is 15.1 Å². The highest BCUT2D eigenvalue weighted by Crippen LogP contribution is 2.25. The number of aryl methyl sites for hydroxylation is 3. The van der Waals surface area contributed by atoms with Gasteiger partial charge in [-0.15, -0.1) is 0 Å². The highest BCUT2D eigenvalue weighted by Gasteiger charge is 2.28. The lowest BCUT2D eigenvalue weighted by Gasteiger charge is -2.28. The van der Waals surface area contributed by atoms with Crippen LogP contribution in [0.1, 0.15) is 32.6 Å². The van der Waals surface area contributed by atoms with Crippen LogP contribution in [0.3, 0.4) is 0 Å². The molecule has 1 amide bonds. The van der Waals surface area contributed by atoms with Crippen LogP contribution in [0, 0.1) is 13.8 Å². The first-order valence-corrected chi connectivity index (χ1v) is 13.3. The molecule has 0 saturated heterocycles. The zero-order valence-electron chi connectivity index (χ0n) is 19.3. The summed E-state index contributed by atoms with van der Waals surface area (Å²) >= 11 is 1.47. The van der Waals surface area contributed by atoms with E-state index in [1.807, 2.05) is 49.7 Å². The third-order valence-corrected chi connectivity index (χ3v) is 9.20. The van der Waals surface area contributed by atoms with Crippen molar-refractivity contribution in [3.8, 4) is 0 Å². The predicted molar refractivity (Wildman–Crippen MR) is 134 cm³/mol. The van der Waals surface area contributed by atoms with Gasteiger partial charge < -0.3 is 4.57 Å². The summed E-state index contributed by atoms with van der Waals surface area (Å²) in [5.41, 5.74) is 5.94. The lowest BCUT2D eigenvalue weighted by Crippen LogP contribution is -2.35. The van der Waals surface area contributed by atoms with Crippen LogP contribution in [0.5, 0.6) is 0 Å². The molecular formula is C26H25N3O3S2. The standard InChI is InChI=1S/C26H25N3O3S2/c1-17-14-18(2)24-23(15-17)33-26(28(24)3)27-25(30)20-8-10-22(11-9-20)34(31,32)29-13-12-19-6-4-5-7-21(19)16-29/h4-11,14-15H,12-13,16H2,1-3H3. The van der Waals surface area contributed by atoms with E-state index in [1.54, 1.807) is 12.1 Å². The molecule has 5 rings (SSSR count). The van der Waals surface area contributed by atoms with E-state index in [1.165, 1.54) is 38.9 Å². The van der Waals surface area contributed by atoms with Crippen LogP contribution in [-0.4, -0.2) is 29.7 Å². The maximum atomic E-state index is 13.2. The number of fused-ring (bicyclic) bond motifs is 2. The fraction of sp³-hybridized carbons (Fsp3) is 0.231. The minimum Gasteiger partial charge on any atom is -0.319 e. The smallest absolute Gasteiger partial charge is 0.279 e. The van der Waals surface area contributed by atoms with Crippen molar-refractivity contribution in [3.63, 3.8) is 0 Å². The molecule has 3 aromatic carbocycles. The van der Waals surface area contributed by atoms with Crippen molar-refractivity contribution in [1.82, 2.24) is 8.87 Å². The minimum atomic E-state index is -3.65. The van der Waals surface area contributed by atoms with Gasteiger partial charge in [0.15, 0.2) is 4.80 Å². The summed E-state index contributed by atoms with van der Waals surface area (Å²) in [6.07, 6.45) is 0.691. The quantitative estimate of drug-likeness (QED) is 0.428. The molecule has 1 aromatic heterocycles. The summed E-state index contributed by atoms with van der Waals surface area (Å²) in [6, 6.07) is 18.2. The molecule has 0 unspecified atom stereocenters. The highest BCUT2D eigenvalue weighted by molar-refractivity contribution is 7.89. The van der Waals surface area contributed by atoms with E-state index in [9.17, 15) is 13.2 Å². The fourth-order valence-corrected chi connectivity index (χ4v) is 7.15. The Labute approximate surface area is 202 Å². The third-order valence-electron chi connectivity index (χ3n) is 6.27. The number of hydrogen-bond donors (Lipinski definition) is 0. The summed E-state index contributed by atoms with van der Waals surface area (Å²) in [5, 5.41) is 0. The molecule has 6 nitrogen and oxygen atoms in total. The Kier molecular flexibility index (Phi) is 5.75. The first-order valence-electron chi connectivity index (χ1n) is 11.1. The van der Waals surface area contributed by atoms with Crippen molar-refractivity contribution < 1.29 is 13.2 Å². The second kappa shape index (κ2) is 8.61. The highest BCUT2D eigenvalue weighted by atomic mass is 32.2.